The molecule has 0 unspecified atom stereocenters. The summed E-state index contributed by atoms with van der Waals surface area (Å²) in [6.45, 7) is 10.2. The number of carbonyl (C=O) groups is 1. The van der Waals surface area contributed by atoms with Crippen molar-refractivity contribution in [3.63, 3.8) is 0 Å². The number of ether oxygens (including phenoxy) is 1. The highest BCUT2D eigenvalue weighted by atomic mass is 127. The lowest BCUT2D eigenvalue weighted by molar-refractivity contribution is 0.0954. The van der Waals surface area contributed by atoms with Crippen LogP contribution >= 0.6 is 24.0 Å². The number of aliphatic imine (C=N–C) groups is 1. The Kier molecular flexibility index (Phi) is 11.2. The van der Waals surface area contributed by atoms with E-state index in [0.29, 0.717) is 31.2 Å². The Morgan fingerprint density at radius 3 is 2.29 bits per heavy atom. The number of phenolic OH excluding ortho intramolecular Hbond substituents is 1. The topological polar surface area (TPSA) is 95.0 Å². The molecule has 31 heavy (non-hydrogen) atoms. The van der Waals surface area contributed by atoms with E-state index in [4.69, 9.17) is 4.74 Å². The van der Waals surface area contributed by atoms with E-state index in [-0.39, 0.29) is 41.2 Å². The van der Waals surface area contributed by atoms with Gasteiger partial charge in [-0.05, 0) is 58.0 Å². The first-order chi connectivity index (χ1) is 14.3. The molecule has 2 rings (SSSR count). The van der Waals surface area contributed by atoms with Gasteiger partial charge in [0, 0.05) is 30.8 Å². The van der Waals surface area contributed by atoms with Gasteiger partial charge in [-0.1, -0.05) is 18.2 Å². The molecule has 0 spiro atoms. The molecule has 0 aliphatic heterocycles. The molecule has 170 valence electrons. The molecule has 0 atom stereocenters. The number of nitrogens with one attached hydrogen (secondary N) is 3. The summed E-state index contributed by atoms with van der Waals surface area (Å²) in [6.07, 6.45) is 0. The molecule has 0 bridgehead atoms. The van der Waals surface area contributed by atoms with Crippen molar-refractivity contribution in [2.75, 3.05) is 19.6 Å². The van der Waals surface area contributed by atoms with Crippen LogP contribution in [0.5, 0.6) is 11.5 Å². The van der Waals surface area contributed by atoms with Crippen molar-refractivity contribution in [2.24, 2.45) is 4.99 Å². The van der Waals surface area contributed by atoms with E-state index in [0.717, 1.165) is 17.9 Å². The zero-order valence-corrected chi connectivity index (χ0v) is 20.9. The minimum absolute atomic E-state index is 0. The van der Waals surface area contributed by atoms with Crippen LogP contribution in [0.2, 0.25) is 0 Å². The number of amides is 1. The Morgan fingerprint density at radius 1 is 1.00 bits per heavy atom. The van der Waals surface area contributed by atoms with Gasteiger partial charge < -0.3 is 25.8 Å². The van der Waals surface area contributed by atoms with Gasteiger partial charge >= 0.3 is 0 Å². The fraction of sp³-hybridized carbons (Fsp3) is 0.391. The van der Waals surface area contributed by atoms with Crippen LogP contribution in [0.4, 0.5) is 0 Å². The van der Waals surface area contributed by atoms with Crippen molar-refractivity contribution >= 4 is 35.8 Å². The molecular weight excluding hydrogens is 507 g/mol. The van der Waals surface area contributed by atoms with Gasteiger partial charge in [0.25, 0.3) is 5.91 Å². The van der Waals surface area contributed by atoms with Crippen molar-refractivity contribution in [1.29, 1.82) is 0 Å². The number of rotatable bonds is 8. The van der Waals surface area contributed by atoms with Crippen LogP contribution in [0.1, 0.15) is 43.6 Å². The molecule has 0 aliphatic carbocycles. The third-order valence-corrected chi connectivity index (χ3v) is 3.97. The number of benzene rings is 2. The van der Waals surface area contributed by atoms with Crippen LogP contribution in [0.15, 0.2) is 53.5 Å². The van der Waals surface area contributed by atoms with Crippen molar-refractivity contribution in [3.05, 3.63) is 59.7 Å². The van der Waals surface area contributed by atoms with Crippen molar-refractivity contribution in [2.45, 2.75) is 39.8 Å². The average Bonchev–Trinajstić information content (AvgIpc) is 2.69. The second kappa shape index (κ2) is 13.0. The van der Waals surface area contributed by atoms with E-state index in [9.17, 15) is 9.90 Å². The lowest BCUT2D eigenvalue weighted by Gasteiger charge is -2.23. The minimum Gasteiger partial charge on any atom is -0.508 e. The summed E-state index contributed by atoms with van der Waals surface area (Å²) >= 11 is 0. The highest BCUT2D eigenvalue weighted by Crippen LogP contribution is 2.23. The van der Waals surface area contributed by atoms with Gasteiger partial charge in [-0.3, -0.25) is 4.79 Å². The molecule has 0 radical (unpaired) electrons. The summed E-state index contributed by atoms with van der Waals surface area (Å²) in [4.78, 5) is 16.7. The Morgan fingerprint density at radius 2 is 1.65 bits per heavy atom. The third-order valence-electron chi connectivity index (χ3n) is 3.97. The van der Waals surface area contributed by atoms with E-state index in [1.165, 1.54) is 12.1 Å². The molecule has 0 saturated heterocycles. The Balaban J connectivity index is 0.00000480. The van der Waals surface area contributed by atoms with E-state index in [1.54, 1.807) is 12.1 Å². The van der Waals surface area contributed by atoms with Gasteiger partial charge in [-0.25, -0.2) is 4.99 Å². The van der Waals surface area contributed by atoms with Crippen LogP contribution in [-0.2, 0) is 6.54 Å². The van der Waals surface area contributed by atoms with Crippen LogP contribution < -0.4 is 20.7 Å². The molecule has 2 aromatic carbocycles. The number of halogens is 1. The molecule has 0 aromatic heterocycles. The normalized spacial score (nSPS) is 11.3. The summed E-state index contributed by atoms with van der Waals surface area (Å²) < 4.78 is 6.03. The maximum Gasteiger partial charge on any atom is 0.251 e. The molecular formula is C23H33IN4O3. The monoisotopic (exact) mass is 540 g/mol. The number of carbonyl (C=O) groups excluding carboxylic acids is 1. The van der Waals surface area contributed by atoms with E-state index >= 15 is 0 Å². The fourth-order valence-electron chi connectivity index (χ4n) is 2.64. The molecule has 1 amide bonds. The average molecular weight is 540 g/mol. The zero-order valence-electron chi connectivity index (χ0n) is 18.6. The van der Waals surface area contributed by atoms with Gasteiger partial charge in [-0.2, -0.15) is 0 Å². The molecule has 0 heterocycles. The Hall–Kier alpha value is -2.49. The van der Waals surface area contributed by atoms with Crippen molar-refractivity contribution in [3.8, 4) is 11.5 Å². The third kappa shape index (κ3) is 9.91. The first-order valence-electron chi connectivity index (χ1n) is 10.1. The second-order valence-electron chi connectivity index (χ2n) is 7.75. The molecule has 8 heteroatoms. The number of hydrogen-bond donors (Lipinski definition) is 4. The SMILES string of the molecule is CCNC(=NCc1ccccc1OC(C)(C)C)NCCNC(=O)c1ccc(O)cc1.I. The summed E-state index contributed by atoms with van der Waals surface area (Å²) in [5, 5.41) is 18.6. The summed E-state index contributed by atoms with van der Waals surface area (Å²) in [5.74, 6) is 1.44. The lowest BCUT2D eigenvalue weighted by atomic mass is 10.1. The maximum atomic E-state index is 12.1. The Labute approximate surface area is 201 Å². The molecule has 2 aromatic rings. The van der Waals surface area contributed by atoms with Crippen molar-refractivity contribution in [1.82, 2.24) is 16.0 Å². The minimum atomic E-state index is -0.279. The Bertz CT molecular complexity index is 849. The van der Waals surface area contributed by atoms with Gasteiger partial charge in [0.1, 0.15) is 17.1 Å². The largest absolute Gasteiger partial charge is 0.508 e. The van der Waals surface area contributed by atoms with E-state index in [1.807, 2.05) is 52.0 Å². The predicted molar refractivity (Wildman–Crippen MR) is 135 cm³/mol. The summed E-state index contributed by atoms with van der Waals surface area (Å²) in [5.41, 5.74) is 1.23. The standard InChI is InChI=1S/C23H32N4O3.HI/c1-5-24-22(26-15-14-25-21(29)17-10-12-19(28)13-11-17)27-16-18-8-6-7-9-20(18)30-23(2,3)4;/h6-13,28H,5,14-16H2,1-4H3,(H,25,29)(H2,24,26,27);1H. The molecule has 0 fully saturated rings. The summed E-state index contributed by atoms with van der Waals surface area (Å²) in [7, 11) is 0. The lowest BCUT2D eigenvalue weighted by Crippen LogP contribution is -2.41. The fourth-order valence-corrected chi connectivity index (χ4v) is 2.64. The van der Waals surface area contributed by atoms with Crippen LogP contribution in [0.25, 0.3) is 0 Å². The first-order valence-corrected chi connectivity index (χ1v) is 10.1. The van der Waals surface area contributed by atoms with Gasteiger partial charge in [0.2, 0.25) is 0 Å². The highest BCUT2D eigenvalue weighted by Gasteiger charge is 2.14. The second-order valence-corrected chi connectivity index (χ2v) is 7.75. The predicted octanol–water partition coefficient (Wildman–Crippen LogP) is 3.67. The van der Waals surface area contributed by atoms with Gasteiger partial charge in [0.15, 0.2) is 5.96 Å². The summed E-state index contributed by atoms with van der Waals surface area (Å²) in [6, 6.07) is 14.0. The number of guanidine groups is 1. The van der Waals surface area contributed by atoms with E-state index < -0.39 is 0 Å². The number of para-hydroxylation sites is 1. The smallest absolute Gasteiger partial charge is 0.251 e. The molecule has 0 saturated carbocycles. The number of hydrogen-bond acceptors (Lipinski definition) is 4. The van der Waals surface area contributed by atoms with Gasteiger partial charge in [0.05, 0.1) is 6.54 Å². The number of nitrogens with zero attached hydrogens (tertiary/aromatic N) is 1. The van der Waals surface area contributed by atoms with Gasteiger partial charge in [-0.15, -0.1) is 24.0 Å². The highest BCUT2D eigenvalue weighted by molar-refractivity contribution is 14.0. The molecule has 7 nitrogen and oxygen atoms in total. The number of phenols is 1. The zero-order chi connectivity index (χ0) is 22.0. The van der Waals surface area contributed by atoms with Crippen LogP contribution in [0, 0.1) is 0 Å². The first kappa shape index (κ1) is 26.5. The quantitative estimate of drug-likeness (QED) is 0.178. The van der Waals surface area contributed by atoms with Crippen LogP contribution in [0.3, 0.4) is 0 Å². The van der Waals surface area contributed by atoms with Crippen molar-refractivity contribution < 1.29 is 14.6 Å². The molecule has 4 N–H and O–H groups in total. The van der Waals surface area contributed by atoms with Crippen LogP contribution in [-0.4, -0.2) is 42.2 Å². The molecule has 0 aliphatic rings. The maximum absolute atomic E-state index is 12.1. The van der Waals surface area contributed by atoms with E-state index in [2.05, 4.69) is 20.9 Å². The number of aromatic hydroxyl groups is 1.